The Morgan fingerprint density at radius 3 is 1.83 bits per heavy atom. The van der Waals surface area contributed by atoms with Crippen molar-refractivity contribution in [2.45, 2.75) is 83.0 Å². The molecule has 0 bridgehead atoms. The van der Waals surface area contributed by atoms with Crippen LogP contribution < -0.4 is 5.32 Å². The number of benzene rings is 3. The van der Waals surface area contributed by atoms with Crippen molar-refractivity contribution in [1.82, 2.24) is 5.32 Å². The predicted octanol–water partition coefficient (Wildman–Crippen LogP) is 8.23. The molecule has 0 spiro atoms. The smallest absolute Gasteiger partial charge is 0.235 e. The Labute approximate surface area is 212 Å². The van der Waals surface area contributed by atoms with E-state index in [0.717, 1.165) is 32.2 Å². The van der Waals surface area contributed by atoms with Crippen LogP contribution >= 0.6 is 0 Å². The molecule has 1 aliphatic rings. The topological polar surface area (TPSA) is 29.1 Å². The van der Waals surface area contributed by atoms with Gasteiger partial charge in [-0.25, -0.2) is 0 Å². The van der Waals surface area contributed by atoms with Crippen molar-refractivity contribution in [3.05, 3.63) is 95.6 Å². The lowest BCUT2D eigenvalue weighted by Crippen LogP contribution is -2.44. The van der Waals surface area contributed by atoms with Gasteiger partial charge >= 0.3 is 0 Å². The van der Waals surface area contributed by atoms with Gasteiger partial charge in [0, 0.05) is 6.54 Å². The summed E-state index contributed by atoms with van der Waals surface area (Å²) in [5.74, 6) is 0.172. The molecular weight excluding hydrogens is 426 g/mol. The number of fused-ring (bicyclic) bond motifs is 3. The first kappa shape index (κ1) is 25.2. The van der Waals surface area contributed by atoms with Crippen molar-refractivity contribution in [2.75, 3.05) is 6.54 Å². The molecule has 0 aliphatic heterocycles. The fourth-order valence-electron chi connectivity index (χ4n) is 5.77. The highest BCUT2D eigenvalue weighted by Crippen LogP contribution is 2.51. The summed E-state index contributed by atoms with van der Waals surface area (Å²) in [5.41, 5.74) is 5.49. The molecule has 0 aromatic heterocycles. The van der Waals surface area contributed by atoms with Gasteiger partial charge in [-0.15, -0.1) is 0 Å². The molecule has 0 radical (unpaired) electrons. The molecule has 3 aromatic carbocycles. The standard InChI is InChI=1S/C33H41NO/c1-2-3-4-5-6-7-8-16-26-34-32(35)33(25-17-20-27-18-10-9-11-19-27)30-23-14-12-21-28(30)29-22-13-15-24-31(29)33/h9-15,18-19,21-24H,2-8,16-17,20,25-26H2,1H3,(H,34,35). The van der Waals surface area contributed by atoms with Crippen molar-refractivity contribution in [1.29, 1.82) is 0 Å². The maximum atomic E-state index is 14.0. The molecule has 2 heteroatoms. The highest BCUT2D eigenvalue weighted by molar-refractivity contribution is 6.00. The summed E-state index contributed by atoms with van der Waals surface area (Å²) in [6.07, 6.45) is 13.0. The first-order valence-corrected chi connectivity index (χ1v) is 13.8. The number of amides is 1. The van der Waals surface area contributed by atoms with Crippen LogP contribution in [-0.4, -0.2) is 12.5 Å². The third-order valence-electron chi connectivity index (χ3n) is 7.63. The van der Waals surface area contributed by atoms with Gasteiger partial charge in [0.1, 0.15) is 5.41 Å². The van der Waals surface area contributed by atoms with Crippen LogP contribution in [0.25, 0.3) is 11.1 Å². The van der Waals surface area contributed by atoms with Crippen LogP contribution in [0.5, 0.6) is 0 Å². The first-order valence-electron chi connectivity index (χ1n) is 13.8. The van der Waals surface area contributed by atoms with Gasteiger partial charge in [-0.05, 0) is 53.5 Å². The second-order valence-corrected chi connectivity index (χ2v) is 10.1. The largest absolute Gasteiger partial charge is 0.355 e. The van der Waals surface area contributed by atoms with Gasteiger partial charge in [-0.3, -0.25) is 4.79 Å². The zero-order chi connectivity index (χ0) is 24.3. The van der Waals surface area contributed by atoms with E-state index in [4.69, 9.17) is 0 Å². The molecule has 0 saturated carbocycles. The number of rotatable bonds is 14. The molecule has 0 atom stereocenters. The zero-order valence-electron chi connectivity index (χ0n) is 21.4. The third kappa shape index (κ3) is 5.86. The Balaban J connectivity index is 1.46. The number of carbonyl (C=O) groups excluding carboxylic acids is 1. The molecule has 1 amide bonds. The Hall–Kier alpha value is -2.87. The molecule has 0 unspecified atom stereocenters. The number of hydrogen-bond donors (Lipinski definition) is 1. The summed E-state index contributed by atoms with van der Waals surface area (Å²) >= 11 is 0. The van der Waals surface area contributed by atoms with E-state index in [9.17, 15) is 4.79 Å². The molecule has 3 aromatic rings. The van der Waals surface area contributed by atoms with Gasteiger partial charge in [-0.1, -0.05) is 131 Å². The third-order valence-corrected chi connectivity index (χ3v) is 7.63. The summed E-state index contributed by atoms with van der Waals surface area (Å²) < 4.78 is 0. The number of nitrogens with one attached hydrogen (secondary N) is 1. The highest BCUT2D eigenvalue weighted by atomic mass is 16.2. The van der Waals surface area contributed by atoms with Crippen LogP contribution in [0, 0.1) is 0 Å². The van der Waals surface area contributed by atoms with Crippen LogP contribution in [-0.2, 0) is 16.6 Å². The molecule has 2 nitrogen and oxygen atoms in total. The minimum absolute atomic E-state index is 0.172. The Morgan fingerprint density at radius 2 is 1.20 bits per heavy atom. The molecular formula is C33H41NO. The lowest BCUT2D eigenvalue weighted by molar-refractivity contribution is -0.125. The van der Waals surface area contributed by atoms with Crippen LogP contribution in [0.2, 0.25) is 0 Å². The van der Waals surface area contributed by atoms with Crippen molar-refractivity contribution < 1.29 is 4.79 Å². The summed E-state index contributed by atoms with van der Waals surface area (Å²) in [5, 5.41) is 3.37. The lowest BCUT2D eigenvalue weighted by atomic mass is 9.73. The second-order valence-electron chi connectivity index (χ2n) is 10.1. The molecule has 0 fully saturated rings. The van der Waals surface area contributed by atoms with Gasteiger partial charge in [-0.2, -0.15) is 0 Å². The van der Waals surface area contributed by atoms with E-state index >= 15 is 0 Å². The molecule has 1 N–H and O–H groups in total. The number of aryl methyl sites for hydroxylation is 1. The van der Waals surface area contributed by atoms with Gasteiger partial charge < -0.3 is 5.32 Å². The fraction of sp³-hybridized carbons (Fsp3) is 0.424. The van der Waals surface area contributed by atoms with Crippen molar-refractivity contribution >= 4 is 5.91 Å². The van der Waals surface area contributed by atoms with Gasteiger partial charge in [0.2, 0.25) is 5.91 Å². The number of carbonyl (C=O) groups is 1. The van der Waals surface area contributed by atoms with Crippen LogP contribution in [0.1, 0.15) is 87.8 Å². The SMILES string of the molecule is CCCCCCCCCCNC(=O)C1(CCCc2ccccc2)c2ccccc2-c2ccccc21. The predicted molar refractivity (Wildman–Crippen MR) is 148 cm³/mol. The monoisotopic (exact) mass is 467 g/mol. The molecule has 0 heterocycles. The van der Waals surface area contributed by atoms with Crippen LogP contribution in [0.15, 0.2) is 78.9 Å². The average molecular weight is 468 g/mol. The van der Waals surface area contributed by atoms with E-state index in [0.29, 0.717) is 0 Å². The maximum absolute atomic E-state index is 14.0. The van der Waals surface area contributed by atoms with Gasteiger partial charge in [0.05, 0.1) is 0 Å². The summed E-state index contributed by atoms with van der Waals surface area (Å²) in [4.78, 5) is 14.0. The molecule has 0 saturated heterocycles. The molecule has 4 rings (SSSR count). The Kier molecular flexibility index (Phi) is 9.17. The van der Waals surface area contributed by atoms with Crippen LogP contribution in [0.3, 0.4) is 0 Å². The molecule has 184 valence electrons. The summed E-state index contributed by atoms with van der Waals surface area (Å²) in [7, 11) is 0. The van der Waals surface area contributed by atoms with E-state index in [2.05, 4.69) is 91.1 Å². The van der Waals surface area contributed by atoms with Crippen molar-refractivity contribution in [2.24, 2.45) is 0 Å². The van der Waals surface area contributed by atoms with E-state index in [-0.39, 0.29) is 5.91 Å². The Bertz CT molecular complexity index is 1030. The summed E-state index contributed by atoms with van der Waals surface area (Å²) in [6.45, 7) is 3.02. The summed E-state index contributed by atoms with van der Waals surface area (Å²) in [6, 6.07) is 27.7. The van der Waals surface area contributed by atoms with Crippen LogP contribution in [0.4, 0.5) is 0 Å². The highest BCUT2D eigenvalue weighted by Gasteiger charge is 2.48. The van der Waals surface area contributed by atoms with E-state index in [1.807, 2.05) is 0 Å². The average Bonchev–Trinajstić information content (AvgIpc) is 3.19. The quantitative estimate of drug-likeness (QED) is 0.238. The zero-order valence-corrected chi connectivity index (χ0v) is 21.4. The molecule has 1 aliphatic carbocycles. The van der Waals surface area contributed by atoms with E-state index < -0.39 is 5.41 Å². The Morgan fingerprint density at radius 1 is 0.657 bits per heavy atom. The minimum atomic E-state index is -0.609. The lowest BCUT2D eigenvalue weighted by Gasteiger charge is -2.31. The van der Waals surface area contributed by atoms with Crippen molar-refractivity contribution in [3.63, 3.8) is 0 Å². The number of hydrogen-bond acceptors (Lipinski definition) is 1. The normalized spacial score (nSPS) is 13.3. The first-order chi connectivity index (χ1) is 17.3. The minimum Gasteiger partial charge on any atom is -0.355 e. The number of unbranched alkanes of at least 4 members (excludes halogenated alkanes) is 7. The maximum Gasteiger partial charge on any atom is 0.235 e. The van der Waals surface area contributed by atoms with Gasteiger partial charge in [0.15, 0.2) is 0 Å². The van der Waals surface area contributed by atoms with E-state index in [1.54, 1.807) is 0 Å². The van der Waals surface area contributed by atoms with Crippen molar-refractivity contribution in [3.8, 4) is 11.1 Å². The van der Waals surface area contributed by atoms with Gasteiger partial charge in [0.25, 0.3) is 0 Å². The second kappa shape index (κ2) is 12.7. The fourth-order valence-corrected chi connectivity index (χ4v) is 5.77. The molecule has 35 heavy (non-hydrogen) atoms. The van der Waals surface area contributed by atoms with E-state index in [1.165, 1.54) is 72.8 Å².